The van der Waals surface area contributed by atoms with Crippen molar-refractivity contribution in [3.63, 3.8) is 0 Å². The highest BCUT2D eigenvalue weighted by Crippen LogP contribution is 2.35. The molecule has 0 unspecified atom stereocenters. The summed E-state index contributed by atoms with van der Waals surface area (Å²) in [5.41, 5.74) is 4.56. The quantitative estimate of drug-likeness (QED) is 0.492. The molecule has 3 heterocycles. The molecule has 150 valence electrons. The molecular weight excluding hydrogens is 396 g/mol. The molecule has 3 aromatic heterocycles. The van der Waals surface area contributed by atoms with Crippen molar-refractivity contribution in [1.82, 2.24) is 9.97 Å². The third-order valence-electron chi connectivity index (χ3n) is 5.60. The Morgan fingerprint density at radius 1 is 1.07 bits per heavy atom. The largest absolute Gasteiger partial charge is 0.469 e. The number of furan rings is 1. The highest BCUT2D eigenvalue weighted by molar-refractivity contribution is 7.15. The number of nitrogens with zero attached hydrogens (tertiary/aromatic N) is 1. The third kappa shape index (κ3) is 3.23. The van der Waals surface area contributed by atoms with Crippen molar-refractivity contribution in [2.45, 2.75) is 32.6 Å². The lowest BCUT2D eigenvalue weighted by Gasteiger charge is -2.22. The molecule has 0 saturated carbocycles. The van der Waals surface area contributed by atoms with E-state index in [4.69, 9.17) is 9.40 Å². The first-order valence-electron chi connectivity index (χ1n) is 9.87. The number of aryl methyl sites for hydroxylation is 2. The highest BCUT2D eigenvalue weighted by Gasteiger charge is 2.30. The van der Waals surface area contributed by atoms with Crippen LogP contribution in [-0.4, -0.2) is 15.8 Å². The number of pyridine rings is 1. The molecule has 4 aromatic rings. The SMILES string of the molecule is Cc1ccc(-c2nc(-c3cc4c([nH]c3=O)C[C@H](c3ccco3)CC4=O)sc2C)cc1. The van der Waals surface area contributed by atoms with E-state index in [2.05, 4.69) is 4.98 Å². The van der Waals surface area contributed by atoms with Crippen LogP contribution >= 0.6 is 11.3 Å². The van der Waals surface area contributed by atoms with E-state index in [1.54, 1.807) is 12.3 Å². The fourth-order valence-electron chi connectivity index (χ4n) is 4.01. The average molecular weight is 417 g/mol. The molecule has 0 amide bonds. The Balaban J connectivity index is 1.54. The van der Waals surface area contributed by atoms with Crippen LogP contribution in [0.4, 0.5) is 0 Å². The minimum Gasteiger partial charge on any atom is -0.469 e. The van der Waals surface area contributed by atoms with E-state index in [-0.39, 0.29) is 17.3 Å². The van der Waals surface area contributed by atoms with Crippen LogP contribution in [-0.2, 0) is 6.42 Å². The van der Waals surface area contributed by atoms with Gasteiger partial charge in [0.05, 0.1) is 17.5 Å². The van der Waals surface area contributed by atoms with Crippen molar-refractivity contribution in [3.8, 4) is 21.8 Å². The minimum atomic E-state index is -0.217. The summed E-state index contributed by atoms with van der Waals surface area (Å²) < 4.78 is 5.47. The van der Waals surface area contributed by atoms with E-state index in [1.165, 1.54) is 16.9 Å². The van der Waals surface area contributed by atoms with E-state index in [0.29, 0.717) is 34.7 Å². The molecule has 0 aliphatic heterocycles. The van der Waals surface area contributed by atoms with Crippen molar-refractivity contribution < 1.29 is 9.21 Å². The van der Waals surface area contributed by atoms with Gasteiger partial charge in [-0.3, -0.25) is 9.59 Å². The van der Waals surface area contributed by atoms with Crippen LogP contribution in [0.2, 0.25) is 0 Å². The first kappa shape index (κ1) is 18.8. The fraction of sp³-hybridized carbons (Fsp3) is 0.208. The van der Waals surface area contributed by atoms with Gasteiger partial charge in [-0.25, -0.2) is 4.98 Å². The number of rotatable bonds is 3. The van der Waals surface area contributed by atoms with Gasteiger partial charge >= 0.3 is 0 Å². The second kappa shape index (κ2) is 7.22. The molecule has 0 radical (unpaired) electrons. The van der Waals surface area contributed by atoms with Gasteiger partial charge in [0.1, 0.15) is 10.8 Å². The zero-order chi connectivity index (χ0) is 20.8. The van der Waals surface area contributed by atoms with Gasteiger partial charge in [0.2, 0.25) is 0 Å². The van der Waals surface area contributed by atoms with Crippen LogP contribution in [0, 0.1) is 13.8 Å². The second-order valence-corrected chi connectivity index (χ2v) is 8.94. The van der Waals surface area contributed by atoms with Gasteiger partial charge in [-0.2, -0.15) is 0 Å². The van der Waals surface area contributed by atoms with Crippen LogP contribution in [0.5, 0.6) is 0 Å². The Bertz CT molecular complexity index is 1300. The maximum atomic E-state index is 12.9. The average Bonchev–Trinajstić information content (AvgIpc) is 3.38. The third-order valence-corrected chi connectivity index (χ3v) is 6.61. The number of hydrogen-bond donors (Lipinski definition) is 1. The van der Waals surface area contributed by atoms with Gasteiger partial charge < -0.3 is 9.40 Å². The van der Waals surface area contributed by atoms with Gasteiger partial charge in [-0.15, -0.1) is 11.3 Å². The summed E-state index contributed by atoms with van der Waals surface area (Å²) in [6.45, 7) is 4.05. The van der Waals surface area contributed by atoms with E-state index < -0.39 is 0 Å². The molecular formula is C24H20N2O3S. The smallest absolute Gasteiger partial charge is 0.258 e. The number of hydrogen-bond acceptors (Lipinski definition) is 5. The lowest BCUT2D eigenvalue weighted by molar-refractivity contribution is 0.0959. The Morgan fingerprint density at radius 2 is 1.87 bits per heavy atom. The highest BCUT2D eigenvalue weighted by atomic mass is 32.1. The minimum absolute atomic E-state index is 0.0159. The number of Topliss-reactive ketones (excluding diaryl/α,β-unsaturated/α-hetero) is 1. The Kier molecular flexibility index (Phi) is 4.51. The molecule has 0 bridgehead atoms. The topological polar surface area (TPSA) is 76.0 Å². The molecule has 0 spiro atoms. The van der Waals surface area contributed by atoms with E-state index in [0.717, 1.165) is 21.9 Å². The van der Waals surface area contributed by atoms with Crippen molar-refractivity contribution in [3.05, 3.63) is 86.5 Å². The normalized spacial score (nSPS) is 15.9. The molecule has 5 rings (SSSR count). The van der Waals surface area contributed by atoms with Crippen LogP contribution in [0.3, 0.4) is 0 Å². The van der Waals surface area contributed by atoms with Gasteiger partial charge in [-0.05, 0) is 38.5 Å². The number of benzene rings is 1. The number of H-pyrrole nitrogens is 1. The molecule has 1 aromatic carbocycles. The van der Waals surface area contributed by atoms with Gasteiger partial charge in [0.15, 0.2) is 5.78 Å². The number of ketones is 1. The molecule has 5 nitrogen and oxygen atoms in total. The molecule has 1 aliphatic carbocycles. The number of carbonyl (C=O) groups is 1. The number of nitrogens with one attached hydrogen (secondary N) is 1. The Morgan fingerprint density at radius 3 is 2.60 bits per heavy atom. The standard InChI is InChI=1S/C24H20N2O3S/c1-13-5-7-15(8-6-13)22-14(2)30-24(26-22)18-12-17-19(25-23(18)28)10-16(11-20(17)27)21-4-3-9-29-21/h3-9,12,16H,10-11H2,1-2H3,(H,25,28)/t16-/m0/s1. The van der Waals surface area contributed by atoms with Crippen LogP contribution in [0.25, 0.3) is 21.8 Å². The summed E-state index contributed by atoms with van der Waals surface area (Å²) in [4.78, 5) is 34.4. The number of fused-ring (bicyclic) bond motifs is 1. The van der Waals surface area contributed by atoms with Crippen molar-refractivity contribution in [2.75, 3.05) is 0 Å². The summed E-state index contributed by atoms with van der Waals surface area (Å²) in [6.07, 6.45) is 2.56. The molecule has 0 fully saturated rings. The van der Waals surface area contributed by atoms with E-state index >= 15 is 0 Å². The first-order chi connectivity index (χ1) is 14.5. The molecule has 30 heavy (non-hydrogen) atoms. The predicted octanol–water partition coefficient (Wildman–Crippen LogP) is 5.29. The number of aromatic amines is 1. The maximum Gasteiger partial charge on any atom is 0.258 e. The lowest BCUT2D eigenvalue weighted by Crippen LogP contribution is -2.24. The van der Waals surface area contributed by atoms with Crippen molar-refractivity contribution >= 4 is 17.1 Å². The van der Waals surface area contributed by atoms with Crippen LogP contribution in [0.1, 0.15) is 44.6 Å². The Labute approximate surface area is 177 Å². The molecule has 1 aliphatic rings. The molecule has 0 saturated heterocycles. The Hall–Kier alpha value is -3.25. The summed E-state index contributed by atoms with van der Waals surface area (Å²) in [5.74, 6) is 0.746. The van der Waals surface area contributed by atoms with Crippen LogP contribution < -0.4 is 5.56 Å². The lowest BCUT2D eigenvalue weighted by atomic mass is 9.84. The molecule has 1 N–H and O–H groups in total. The number of thiazole rings is 1. The monoisotopic (exact) mass is 416 g/mol. The summed E-state index contributed by atoms with van der Waals surface area (Å²) in [5, 5.41) is 0.632. The van der Waals surface area contributed by atoms with Crippen LogP contribution in [0.15, 0.2) is 57.9 Å². The summed E-state index contributed by atoms with van der Waals surface area (Å²) >= 11 is 1.47. The van der Waals surface area contributed by atoms with Gasteiger partial charge in [-0.1, -0.05) is 29.8 Å². The number of aromatic nitrogens is 2. The van der Waals surface area contributed by atoms with Crippen molar-refractivity contribution in [2.24, 2.45) is 0 Å². The maximum absolute atomic E-state index is 12.9. The molecule has 6 heteroatoms. The van der Waals surface area contributed by atoms with E-state index in [9.17, 15) is 9.59 Å². The van der Waals surface area contributed by atoms with Gasteiger partial charge in [0.25, 0.3) is 5.56 Å². The zero-order valence-electron chi connectivity index (χ0n) is 16.7. The molecule has 1 atom stereocenters. The van der Waals surface area contributed by atoms with Crippen molar-refractivity contribution in [1.29, 1.82) is 0 Å². The number of carbonyl (C=O) groups excluding carboxylic acids is 1. The van der Waals surface area contributed by atoms with Gasteiger partial charge in [0, 0.05) is 34.0 Å². The predicted molar refractivity (Wildman–Crippen MR) is 117 cm³/mol. The summed E-state index contributed by atoms with van der Waals surface area (Å²) in [7, 11) is 0. The first-order valence-corrected chi connectivity index (χ1v) is 10.7. The zero-order valence-corrected chi connectivity index (χ0v) is 17.5. The fourth-order valence-corrected chi connectivity index (χ4v) is 4.95. The summed E-state index contributed by atoms with van der Waals surface area (Å²) in [6, 6.07) is 13.6. The second-order valence-electron chi connectivity index (χ2n) is 7.74. The van der Waals surface area contributed by atoms with E-state index in [1.807, 2.05) is 50.2 Å².